The summed E-state index contributed by atoms with van der Waals surface area (Å²) in [6, 6.07) is 6.18. The molecule has 2 aliphatic carbocycles. The van der Waals surface area contributed by atoms with E-state index in [1.54, 1.807) is 6.20 Å². The molecule has 20 heavy (non-hydrogen) atoms. The van der Waals surface area contributed by atoms with E-state index in [9.17, 15) is 0 Å². The lowest BCUT2D eigenvalue weighted by atomic mass is 9.89. The van der Waals surface area contributed by atoms with E-state index in [2.05, 4.69) is 22.4 Å². The van der Waals surface area contributed by atoms with Gasteiger partial charge in [0.1, 0.15) is 0 Å². The minimum atomic E-state index is 0.848. The second kappa shape index (κ2) is 4.65. The average molecular weight is 267 g/mol. The Kier molecular flexibility index (Phi) is 2.79. The van der Waals surface area contributed by atoms with Gasteiger partial charge in [-0.05, 0) is 49.1 Å². The van der Waals surface area contributed by atoms with Crippen LogP contribution in [-0.4, -0.2) is 11.5 Å². The summed E-state index contributed by atoms with van der Waals surface area (Å²) >= 11 is 0. The van der Waals surface area contributed by atoms with Gasteiger partial charge in [-0.25, -0.2) is 0 Å². The van der Waals surface area contributed by atoms with Crippen molar-refractivity contribution in [1.82, 2.24) is 4.98 Å². The molecule has 2 aromatic rings. The zero-order chi connectivity index (χ0) is 13.5. The largest absolute Gasteiger partial charge is 0.397 e. The van der Waals surface area contributed by atoms with Crippen LogP contribution in [-0.2, 0) is 0 Å². The minimum absolute atomic E-state index is 0.848. The highest BCUT2D eigenvalue weighted by Crippen LogP contribution is 2.48. The van der Waals surface area contributed by atoms with E-state index in [1.807, 2.05) is 12.3 Å². The van der Waals surface area contributed by atoms with Gasteiger partial charge in [-0.3, -0.25) is 4.98 Å². The number of anilines is 2. The molecule has 0 aliphatic heterocycles. The predicted molar refractivity (Wildman–Crippen MR) is 83.6 cm³/mol. The van der Waals surface area contributed by atoms with Crippen LogP contribution in [0.1, 0.15) is 25.7 Å². The van der Waals surface area contributed by atoms with Gasteiger partial charge >= 0.3 is 0 Å². The number of nitrogens with one attached hydrogen (secondary N) is 1. The molecular weight excluding hydrogens is 246 g/mol. The van der Waals surface area contributed by atoms with Crippen LogP contribution in [0, 0.1) is 17.8 Å². The highest BCUT2D eigenvalue weighted by atomic mass is 14.9. The number of aromatic nitrogens is 1. The number of hydrogen-bond acceptors (Lipinski definition) is 3. The molecule has 2 fully saturated rings. The Morgan fingerprint density at radius 2 is 2.15 bits per heavy atom. The number of hydrogen-bond donors (Lipinski definition) is 2. The molecule has 0 spiro atoms. The lowest BCUT2D eigenvalue weighted by Gasteiger charge is -2.23. The lowest BCUT2D eigenvalue weighted by Crippen LogP contribution is -2.20. The Balaban J connectivity index is 1.52. The van der Waals surface area contributed by atoms with Crippen LogP contribution in [0.4, 0.5) is 11.4 Å². The molecule has 1 aromatic carbocycles. The van der Waals surface area contributed by atoms with Gasteiger partial charge in [0, 0.05) is 29.7 Å². The van der Waals surface area contributed by atoms with Crippen LogP contribution in [0.25, 0.3) is 10.8 Å². The van der Waals surface area contributed by atoms with Crippen LogP contribution in [0.5, 0.6) is 0 Å². The Morgan fingerprint density at radius 1 is 1.20 bits per heavy atom. The first-order valence-electron chi connectivity index (χ1n) is 7.67. The first kappa shape index (κ1) is 12.0. The molecule has 3 atom stereocenters. The fourth-order valence-corrected chi connectivity index (χ4v) is 4.21. The summed E-state index contributed by atoms with van der Waals surface area (Å²) in [7, 11) is 0. The van der Waals surface area contributed by atoms with Crippen molar-refractivity contribution in [2.75, 3.05) is 17.6 Å². The maximum Gasteiger partial charge on any atom is 0.0630 e. The van der Waals surface area contributed by atoms with E-state index in [4.69, 9.17) is 5.73 Å². The quantitative estimate of drug-likeness (QED) is 0.834. The summed E-state index contributed by atoms with van der Waals surface area (Å²) in [4.78, 5) is 4.14. The molecule has 3 nitrogen and oxygen atoms in total. The Morgan fingerprint density at radius 3 is 2.95 bits per heavy atom. The molecule has 1 heterocycles. The van der Waals surface area contributed by atoms with E-state index in [-0.39, 0.29) is 0 Å². The van der Waals surface area contributed by atoms with E-state index in [0.717, 1.165) is 46.4 Å². The van der Waals surface area contributed by atoms with Crippen LogP contribution in [0.3, 0.4) is 0 Å². The van der Waals surface area contributed by atoms with Crippen molar-refractivity contribution >= 4 is 22.1 Å². The molecule has 104 valence electrons. The van der Waals surface area contributed by atoms with Crippen molar-refractivity contribution < 1.29 is 0 Å². The number of rotatable bonds is 3. The van der Waals surface area contributed by atoms with Gasteiger partial charge < -0.3 is 11.1 Å². The second-order valence-electron chi connectivity index (χ2n) is 6.44. The van der Waals surface area contributed by atoms with E-state index >= 15 is 0 Å². The number of nitrogens with zero attached hydrogens (tertiary/aromatic N) is 1. The van der Waals surface area contributed by atoms with Crippen molar-refractivity contribution in [3.63, 3.8) is 0 Å². The number of pyridine rings is 1. The first-order valence-corrected chi connectivity index (χ1v) is 7.67. The molecule has 1 aromatic heterocycles. The zero-order valence-electron chi connectivity index (χ0n) is 11.7. The summed E-state index contributed by atoms with van der Waals surface area (Å²) in [5.74, 6) is 2.81. The highest BCUT2D eigenvalue weighted by Gasteiger charge is 2.39. The first-order chi connectivity index (χ1) is 9.81. The van der Waals surface area contributed by atoms with Crippen molar-refractivity contribution in [3.8, 4) is 0 Å². The summed E-state index contributed by atoms with van der Waals surface area (Å²) in [6.07, 6.45) is 9.45. The monoisotopic (exact) mass is 267 g/mol. The van der Waals surface area contributed by atoms with Gasteiger partial charge in [-0.15, -0.1) is 0 Å². The van der Waals surface area contributed by atoms with Crippen molar-refractivity contribution in [1.29, 1.82) is 0 Å². The van der Waals surface area contributed by atoms with E-state index < -0.39 is 0 Å². The van der Waals surface area contributed by atoms with Crippen molar-refractivity contribution in [3.05, 3.63) is 30.6 Å². The highest BCUT2D eigenvalue weighted by molar-refractivity contribution is 5.98. The van der Waals surface area contributed by atoms with Gasteiger partial charge in [0.25, 0.3) is 0 Å². The van der Waals surface area contributed by atoms with Crippen LogP contribution >= 0.6 is 0 Å². The normalized spacial score (nSPS) is 28.1. The standard InChI is InChI=1S/C17H21N3/c18-17-15-5-6-19-9-13(15)3-4-16(17)20-10-14-8-11-1-2-12(14)7-11/h3-6,9,11-12,14,20H,1-2,7-8,10,18H2. The number of nitrogens with two attached hydrogens (primary N) is 1. The van der Waals surface area contributed by atoms with Crippen LogP contribution < -0.4 is 11.1 Å². The van der Waals surface area contributed by atoms with Gasteiger partial charge in [0.05, 0.1) is 11.4 Å². The molecule has 3 heteroatoms. The van der Waals surface area contributed by atoms with Gasteiger partial charge in [0.15, 0.2) is 0 Å². The summed E-state index contributed by atoms with van der Waals surface area (Å²) in [5.41, 5.74) is 8.22. The van der Waals surface area contributed by atoms with Crippen LogP contribution in [0.15, 0.2) is 30.6 Å². The lowest BCUT2D eigenvalue weighted by molar-refractivity contribution is 0.348. The van der Waals surface area contributed by atoms with Gasteiger partial charge in [-0.1, -0.05) is 12.5 Å². The third kappa shape index (κ3) is 1.92. The molecule has 3 unspecified atom stereocenters. The summed E-state index contributed by atoms with van der Waals surface area (Å²) < 4.78 is 0. The topological polar surface area (TPSA) is 50.9 Å². The third-order valence-corrected chi connectivity index (χ3v) is 5.30. The molecule has 0 amide bonds. The smallest absolute Gasteiger partial charge is 0.0630 e. The van der Waals surface area contributed by atoms with Crippen molar-refractivity contribution in [2.24, 2.45) is 17.8 Å². The molecule has 2 saturated carbocycles. The second-order valence-corrected chi connectivity index (χ2v) is 6.44. The third-order valence-electron chi connectivity index (χ3n) is 5.30. The van der Waals surface area contributed by atoms with Crippen LogP contribution in [0.2, 0.25) is 0 Å². The minimum Gasteiger partial charge on any atom is -0.397 e. The SMILES string of the molecule is Nc1c(NCC2CC3CCC2C3)ccc2cnccc12. The molecule has 2 aliphatic rings. The summed E-state index contributed by atoms with van der Waals surface area (Å²) in [5, 5.41) is 5.79. The number of nitrogen functional groups attached to an aromatic ring is 1. The maximum absolute atomic E-state index is 6.29. The molecule has 0 radical (unpaired) electrons. The summed E-state index contributed by atoms with van der Waals surface area (Å²) in [6.45, 7) is 1.07. The Hall–Kier alpha value is -1.77. The van der Waals surface area contributed by atoms with Gasteiger partial charge in [-0.2, -0.15) is 0 Å². The maximum atomic E-state index is 6.29. The Labute approximate surface area is 119 Å². The zero-order valence-corrected chi connectivity index (χ0v) is 11.7. The number of fused-ring (bicyclic) bond motifs is 3. The van der Waals surface area contributed by atoms with E-state index in [0.29, 0.717) is 0 Å². The number of benzene rings is 1. The fourth-order valence-electron chi connectivity index (χ4n) is 4.21. The van der Waals surface area contributed by atoms with Crippen molar-refractivity contribution in [2.45, 2.75) is 25.7 Å². The van der Waals surface area contributed by atoms with E-state index in [1.165, 1.54) is 25.7 Å². The molecule has 0 saturated heterocycles. The fraction of sp³-hybridized carbons (Fsp3) is 0.471. The Bertz CT molecular complexity index is 637. The molecular formula is C17H21N3. The molecule has 3 N–H and O–H groups in total. The molecule has 2 bridgehead atoms. The predicted octanol–water partition coefficient (Wildman–Crippen LogP) is 3.67. The average Bonchev–Trinajstić information content (AvgIpc) is 3.09. The van der Waals surface area contributed by atoms with Gasteiger partial charge in [0.2, 0.25) is 0 Å². The molecule has 4 rings (SSSR count).